The molecule has 19 heteroatoms. The van der Waals surface area contributed by atoms with Crippen LogP contribution in [0, 0.1) is 0 Å². The summed E-state index contributed by atoms with van der Waals surface area (Å²) in [6.07, 6.45) is 4.12. The average Bonchev–Trinajstić information content (AvgIpc) is 2.89. The third-order valence-corrected chi connectivity index (χ3v) is 7.00. The molecular formula is C22H16N6NaO10S2+. The summed E-state index contributed by atoms with van der Waals surface area (Å²) in [6.45, 7) is 0. The number of carbonyl (C=O) groups is 2. The maximum atomic E-state index is 12.0. The summed E-state index contributed by atoms with van der Waals surface area (Å²) >= 11 is 0. The number of aromatic nitrogens is 2. The number of phenolic OH excluding ortho intramolecular Hbond substituents is 2. The van der Waals surface area contributed by atoms with Gasteiger partial charge in [0.05, 0.1) is 12.4 Å². The Hall–Kier alpha value is -4.04. The van der Waals surface area contributed by atoms with Crippen LogP contribution in [0.15, 0.2) is 68.8 Å². The topological polar surface area (TPSA) is 258 Å². The summed E-state index contributed by atoms with van der Waals surface area (Å²) in [5.74, 6) is -3.79. The first kappa shape index (κ1) is 31.5. The van der Waals surface area contributed by atoms with E-state index in [1.165, 1.54) is 36.7 Å². The molecule has 206 valence electrons. The van der Waals surface area contributed by atoms with Gasteiger partial charge >= 0.3 is 41.4 Å². The number of hydrazone groups is 2. The molecule has 0 atom stereocenters. The van der Waals surface area contributed by atoms with Gasteiger partial charge in [-0.3, -0.25) is 28.7 Å². The van der Waals surface area contributed by atoms with Crippen LogP contribution in [0.4, 0.5) is 0 Å². The summed E-state index contributed by atoms with van der Waals surface area (Å²) in [7, 11) is -9.46. The van der Waals surface area contributed by atoms with E-state index in [0.717, 1.165) is 24.6 Å². The largest absolute Gasteiger partial charge is 1.00 e. The molecule has 4 rings (SSSR count). The fourth-order valence-corrected chi connectivity index (χ4v) is 4.92. The first-order chi connectivity index (χ1) is 18.8. The molecule has 2 heterocycles. The van der Waals surface area contributed by atoms with E-state index in [0.29, 0.717) is 0 Å². The van der Waals surface area contributed by atoms with Crippen molar-refractivity contribution in [3.05, 3.63) is 59.9 Å². The van der Waals surface area contributed by atoms with Gasteiger partial charge in [0.1, 0.15) is 20.8 Å². The van der Waals surface area contributed by atoms with Crippen molar-refractivity contribution in [1.29, 1.82) is 0 Å². The molecule has 0 bridgehead atoms. The fraction of sp³-hybridized carbons (Fsp3) is 0. The Morgan fingerprint density at radius 1 is 0.732 bits per heavy atom. The molecule has 0 saturated carbocycles. The van der Waals surface area contributed by atoms with Crippen LogP contribution in [0.1, 0.15) is 11.1 Å². The number of amides is 2. The number of rotatable bonds is 6. The van der Waals surface area contributed by atoms with E-state index < -0.39 is 53.3 Å². The van der Waals surface area contributed by atoms with E-state index in [4.69, 9.17) is 0 Å². The smallest absolute Gasteiger partial charge is 0.505 e. The normalized spacial score (nSPS) is 12.0. The standard InChI is InChI=1S/C22H16N6O10S2.Na/c29-19-11(7-15(39(33,34)35)13-3-1-5-23-17(13)19)9-25-27-21(31)22(32)28-26-10-12-8-16(40(36,37)38)14-4-2-6-24-18(14)20(12)30;/h1-10,29-30H,(H,27,31)(H,28,32)(H,33,34,35)(H,36,37,38);/q;+1/b25-9+,26-10+;. The van der Waals surface area contributed by atoms with Gasteiger partial charge in [-0.25, -0.2) is 10.9 Å². The molecule has 0 unspecified atom stereocenters. The molecule has 0 saturated heterocycles. The zero-order chi connectivity index (χ0) is 29.2. The summed E-state index contributed by atoms with van der Waals surface area (Å²) in [6, 6.07) is 7.13. The molecule has 0 aliphatic heterocycles. The van der Waals surface area contributed by atoms with Gasteiger partial charge in [0, 0.05) is 34.3 Å². The van der Waals surface area contributed by atoms with Crippen LogP contribution in [0.5, 0.6) is 11.5 Å². The van der Waals surface area contributed by atoms with Crippen LogP contribution in [0.2, 0.25) is 0 Å². The Labute approximate surface area is 252 Å². The van der Waals surface area contributed by atoms with Gasteiger partial charge in [0.25, 0.3) is 20.2 Å². The van der Waals surface area contributed by atoms with Crippen molar-refractivity contribution in [3.8, 4) is 11.5 Å². The van der Waals surface area contributed by atoms with Crippen molar-refractivity contribution in [2.75, 3.05) is 0 Å². The molecule has 0 aliphatic rings. The van der Waals surface area contributed by atoms with Crippen molar-refractivity contribution in [2.24, 2.45) is 10.2 Å². The number of phenols is 2. The van der Waals surface area contributed by atoms with E-state index in [-0.39, 0.29) is 62.5 Å². The Bertz CT molecular complexity index is 1840. The van der Waals surface area contributed by atoms with Crippen molar-refractivity contribution in [2.45, 2.75) is 9.79 Å². The van der Waals surface area contributed by atoms with Gasteiger partial charge in [-0.15, -0.1) is 0 Å². The van der Waals surface area contributed by atoms with Crippen molar-refractivity contribution < 1.29 is 75.3 Å². The second-order valence-electron chi connectivity index (χ2n) is 7.77. The van der Waals surface area contributed by atoms with Crippen LogP contribution in [-0.4, -0.2) is 70.4 Å². The summed E-state index contributed by atoms with van der Waals surface area (Å²) in [5, 5.41) is 27.5. The molecule has 16 nitrogen and oxygen atoms in total. The summed E-state index contributed by atoms with van der Waals surface area (Å²) < 4.78 is 66.0. The average molecular weight is 612 g/mol. The van der Waals surface area contributed by atoms with E-state index >= 15 is 0 Å². The molecule has 6 N–H and O–H groups in total. The maximum Gasteiger partial charge on any atom is 1.00 e. The molecule has 41 heavy (non-hydrogen) atoms. The number of aromatic hydroxyl groups is 2. The minimum absolute atomic E-state index is 0. The molecule has 2 amide bonds. The van der Waals surface area contributed by atoms with E-state index in [1.807, 2.05) is 10.9 Å². The van der Waals surface area contributed by atoms with Gasteiger partial charge in [0.15, 0.2) is 11.5 Å². The Kier molecular flexibility index (Phi) is 9.39. The number of hydrogen-bond acceptors (Lipinski definition) is 12. The summed E-state index contributed by atoms with van der Waals surface area (Å²) in [4.78, 5) is 30.6. The van der Waals surface area contributed by atoms with Gasteiger partial charge < -0.3 is 10.2 Å². The second-order valence-corrected chi connectivity index (χ2v) is 10.6. The van der Waals surface area contributed by atoms with Crippen LogP contribution in [-0.2, 0) is 29.8 Å². The van der Waals surface area contributed by atoms with Crippen molar-refractivity contribution in [3.63, 3.8) is 0 Å². The number of carbonyl (C=O) groups excluding carboxylic acids is 2. The van der Waals surface area contributed by atoms with Crippen molar-refractivity contribution >= 4 is 66.3 Å². The van der Waals surface area contributed by atoms with Crippen molar-refractivity contribution in [1.82, 2.24) is 20.8 Å². The Morgan fingerprint density at radius 2 is 1.10 bits per heavy atom. The number of benzene rings is 2. The molecule has 2 aromatic carbocycles. The number of hydrogen-bond donors (Lipinski definition) is 6. The van der Waals surface area contributed by atoms with E-state index in [2.05, 4.69) is 20.2 Å². The molecule has 0 fully saturated rings. The van der Waals surface area contributed by atoms with Gasteiger partial charge in [-0.1, -0.05) is 0 Å². The predicted molar refractivity (Wildman–Crippen MR) is 138 cm³/mol. The monoisotopic (exact) mass is 611 g/mol. The molecule has 4 aromatic rings. The van der Waals surface area contributed by atoms with Crippen LogP contribution < -0.4 is 40.4 Å². The number of nitrogens with one attached hydrogen (secondary N) is 2. The Balaban J connectivity index is 0.00000462. The minimum atomic E-state index is -4.73. The van der Waals surface area contributed by atoms with Crippen LogP contribution >= 0.6 is 0 Å². The number of pyridine rings is 2. The third-order valence-electron chi connectivity index (χ3n) is 5.22. The zero-order valence-corrected chi connectivity index (χ0v) is 24.3. The second kappa shape index (κ2) is 12.2. The van der Waals surface area contributed by atoms with Crippen LogP contribution in [0.3, 0.4) is 0 Å². The van der Waals surface area contributed by atoms with Gasteiger partial charge in [-0.05, 0) is 36.4 Å². The minimum Gasteiger partial charge on any atom is -0.505 e. The first-order valence-electron chi connectivity index (χ1n) is 10.6. The SMILES string of the molecule is O=C(N/N=C/c1cc(S(=O)(=O)O)c2cccnc2c1O)C(=O)N/N=C/c1cc(S(=O)(=O)O)c2cccnc2c1O.[Na+]. The number of fused-ring (bicyclic) bond motifs is 2. The zero-order valence-electron chi connectivity index (χ0n) is 20.6. The Morgan fingerprint density at radius 3 is 1.44 bits per heavy atom. The summed E-state index contributed by atoms with van der Waals surface area (Å²) in [5.41, 5.74) is 2.71. The third kappa shape index (κ3) is 6.82. The van der Waals surface area contributed by atoms with Gasteiger partial charge in [0.2, 0.25) is 0 Å². The molecule has 0 radical (unpaired) electrons. The van der Waals surface area contributed by atoms with E-state index in [9.17, 15) is 45.7 Å². The quantitative estimate of drug-likeness (QED) is 0.0428. The molecule has 0 spiro atoms. The molecular weight excluding hydrogens is 595 g/mol. The van der Waals surface area contributed by atoms with E-state index in [1.54, 1.807) is 0 Å². The molecule has 0 aliphatic carbocycles. The number of nitrogens with zero attached hydrogens (tertiary/aromatic N) is 4. The van der Waals surface area contributed by atoms with Crippen LogP contribution in [0.25, 0.3) is 21.8 Å². The predicted octanol–water partition coefficient (Wildman–Crippen LogP) is -2.71. The maximum absolute atomic E-state index is 12.0. The molecule has 2 aromatic heterocycles. The fourth-order valence-electron chi connectivity index (χ4n) is 3.48. The first-order valence-corrected chi connectivity index (χ1v) is 13.5. The van der Waals surface area contributed by atoms with Gasteiger partial charge in [-0.2, -0.15) is 27.0 Å².